The van der Waals surface area contributed by atoms with Gasteiger partial charge in [0, 0.05) is 17.5 Å². The number of phenols is 1. The molecule has 1 aliphatic rings. The van der Waals surface area contributed by atoms with Crippen molar-refractivity contribution in [2.75, 3.05) is 7.11 Å². The Hall–Kier alpha value is -1.33. The average Bonchev–Trinajstić information content (AvgIpc) is 2.46. The molecule has 1 aromatic carbocycles. The second-order valence-corrected chi connectivity index (χ2v) is 13.1. The monoisotopic (exact) mass is 350 g/mol. The standard InChI is InChI=1S/C19H30O4Si/c1-13(20)19(23-24(6,7)18(2,3)4)11-10-14-15(12-19)16(21)8-9-17(14)22-5/h8-9,21H,10-12H2,1-7H3/t19-/m1/s1. The molecule has 0 fully saturated rings. The summed E-state index contributed by atoms with van der Waals surface area (Å²) >= 11 is 0. The van der Waals surface area contributed by atoms with E-state index in [1.807, 2.05) is 0 Å². The molecule has 2 rings (SSSR count). The van der Waals surface area contributed by atoms with Crippen molar-refractivity contribution < 1.29 is 19.1 Å². The van der Waals surface area contributed by atoms with E-state index in [-0.39, 0.29) is 16.6 Å². The number of benzene rings is 1. The third-order valence-corrected chi connectivity index (χ3v) is 10.2. The molecule has 1 N–H and O–H groups in total. The first-order valence-electron chi connectivity index (χ1n) is 8.52. The van der Waals surface area contributed by atoms with E-state index >= 15 is 0 Å². The first-order chi connectivity index (χ1) is 10.9. The quantitative estimate of drug-likeness (QED) is 0.825. The van der Waals surface area contributed by atoms with Gasteiger partial charge >= 0.3 is 0 Å². The molecule has 0 saturated heterocycles. The van der Waals surface area contributed by atoms with Crippen LogP contribution in [-0.2, 0) is 22.1 Å². The van der Waals surface area contributed by atoms with Gasteiger partial charge in [0.05, 0.1) is 7.11 Å². The van der Waals surface area contributed by atoms with Crippen molar-refractivity contribution in [3.05, 3.63) is 23.3 Å². The van der Waals surface area contributed by atoms with Gasteiger partial charge in [-0.3, -0.25) is 4.79 Å². The molecule has 1 aromatic rings. The molecule has 0 bridgehead atoms. The van der Waals surface area contributed by atoms with Crippen LogP contribution in [0.25, 0.3) is 0 Å². The number of carbonyl (C=O) groups is 1. The zero-order valence-electron chi connectivity index (χ0n) is 15.9. The van der Waals surface area contributed by atoms with E-state index in [1.165, 1.54) is 0 Å². The maximum Gasteiger partial charge on any atom is 0.193 e. The molecule has 134 valence electrons. The largest absolute Gasteiger partial charge is 0.508 e. The summed E-state index contributed by atoms with van der Waals surface area (Å²) in [5.41, 5.74) is 0.933. The minimum atomic E-state index is -2.12. The Morgan fingerprint density at radius 3 is 2.38 bits per heavy atom. The van der Waals surface area contributed by atoms with Crippen LogP contribution in [0.15, 0.2) is 12.1 Å². The maximum atomic E-state index is 12.6. The van der Waals surface area contributed by atoms with Crippen LogP contribution in [-0.4, -0.2) is 31.9 Å². The van der Waals surface area contributed by atoms with Crippen molar-refractivity contribution in [3.8, 4) is 11.5 Å². The third-order valence-electron chi connectivity index (χ3n) is 5.72. The molecule has 5 heteroatoms. The third kappa shape index (κ3) is 3.24. The predicted molar refractivity (Wildman–Crippen MR) is 98.4 cm³/mol. The van der Waals surface area contributed by atoms with Crippen LogP contribution in [0, 0.1) is 0 Å². The van der Waals surface area contributed by atoms with Crippen LogP contribution < -0.4 is 4.74 Å². The second kappa shape index (κ2) is 6.19. The van der Waals surface area contributed by atoms with E-state index in [9.17, 15) is 9.90 Å². The minimum Gasteiger partial charge on any atom is -0.508 e. The molecular weight excluding hydrogens is 320 g/mol. The van der Waals surface area contributed by atoms with Crippen molar-refractivity contribution in [2.24, 2.45) is 0 Å². The van der Waals surface area contributed by atoms with Crippen LogP contribution in [0.2, 0.25) is 18.1 Å². The summed E-state index contributed by atoms with van der Waals surface area (Å²) in [6, 6.07) is 3.42. The van der Waals surface area contributed by atoms with E-state index in [1.54, 1.807) is 26.2 Å². The summed E-state index contributed by atoms with van der Waals surface area (Å²) in [5.74, 6) is 1.03. The van der Waals surface area contributed by atoms with Crippen molar-refractivity contribution in [1.29, 1.82) is 0 Å². The highest BCUT2D eigenvalue weighted by atomic mass is 28.4. The van der Waals surface area contributed by atoms with Gasteiger partial charge in [-0.05, 0) is 50.0 Å². The lowest BCUT2D eigenvalue weighted by Gasteiger charge is -2.46. The number of Topliss-reactive ketones (excluding diaryl/α,β-unsaturated/α-hetero) is 1. The van der Waals surface area contributed by atoms with Crippen molar-refractivity contribution in [2.45, 2.75) is 70.7 Å². The Morgan fingerprint density at radius 2 is 1.88 bits per heavy atom. The summed E-state index contributed by atoms with van der Waals surface area (Å²) in [6.07, 6.45) is 1.70. The topological polar surface area (TPSA) is 55.8 Å². The fourth-order valence-electron chi connectivity index (χ4n) is 3.12. The number of rotatable bonds is 4. The Bertz CT molecular complexity index is 646. The number of carbonyl (C=O) groups excluding carboxylic acids is 1. The smallest absolute Gasteiger partial charge is 0.193 e. The lowest BCUT2D eigenvalue weighted by molar-refractivity contribution is -0.134. The molecule has 0 heterocycles. The van der Waals surface area contributed by atoms with Crippen LogP contribution in [0.4, 0.5) is 0 Å². The summed E-state index contributed by atoms with van der Waals surface area (Å²) in [5, 5.41) is 10.4. The number of fused-ring (bicyclic) bond motifs is 1. The zero-order valence-corrected chi connectivity index (χ0v) is 16.9. The molecule has 0 aromatic heterocycles. The number of hydrogen-bond donors (Lipinski definition) is 1. The van der Waals surface area contributed by atoms with Crippen LogP contribution in [0.1, 0.15) is 45.2 Å². The van der Waals surface area contributed by atoms with Gasteiger partial charge in [-0.1, -0.05) is 20.8 Å². The normalized spacial score (nSPS) is 21.3. The van der Waals surface area contributed by atoms with Gasteiger partial charge in [-0.2, -0.15) is 0 Å². The molecule has 0 unspecified atom stereocenters. The van der Waals surface area contributed by atoms with Crippen LogP contribution >= 0.6 is 0 Å². The first-order valence-corrected chi connectivity index (χ1v) is 11.4. The Morgan fingerprint density at radius 1 is 1.25 bits per heavy atom. The fourth-order valence-corrected chi connectivity index (χ4v) is 4.72. The summed E-state index contributed by atoms with van der Waals surface area (Å²) in [6.45, 7) is 12.5. The fraction of sp³-hybridized carbons (Fsp3) is 0.632. The number of ketones is 1. The number of methoxy groups -OCH3 is 1. The van der Waals surface area contributed by atoms with Crippen LogP contribution in [0.5, 0.6) is 11.5 Å². The molecule has 0 aliphatic heterocycles. The van der Waals surface area contributed by atoms with E-state index in [4.69, 9.17) is 9.16 Å². The second-order valence-electron chi connectivity index (χ2n) is 8.33. The average molecular weight is 351 g/mol. The van der Waals surface area contributed by atoms with E-state index in [0.717, 1.165) is 16.9 Å². The molecule has 0 saturated carbocycles. The molecule has 1 aliphatic carbocycles. The maximum absolute atomic E-state index is 12.6. The summed E-state index contributed by atoms with van der Waals surface area (Å²) in [7, 11) is -0.491. The Kier molecular flexibility index (Phi) is 4.90. The molecule has 0 amide bonds. The highest BCUT2D eigenvalue weighted by Crippen LogP contribution is 2.45. The predicted octanol–water partition coefficient (Wildman–Crippen LogP) is 4.24. The van der Waals surface area contributed by atoms with Gasteiger partial charge in [0.1, 0.15) is 17.1 Å². The van der Waals surface area contributed by atoms with E-state index in [0.29, 0.717) is 19.3 Å². The molecule has 0 radical (unpaired) electrons. The highest BCUT2D eigenvalue weighted by Gasteiger charge is 2.49. The number of phenolic OH excluding ortho intramolecular Hbond substituents is 1. The van der Waals surface area contributed by atoms with Gasteiger partial charge in [-0.25, -0.2) is 0 Å². The van der Waals surface area contributed by atoms with Gasteiger partial charge in [0.15, 0.2) is 14.1 Å². The minimum absolute atomic E-state index is 0.0200. The highest BCUT2D eigenvalue weighted by molar-refractivity contribution is 6.74. The Balaban J connectivity index is 2.47. The van der Waals surface area contributed by atoms with Crippen molar-refractivity contribution in [3.63, 3.8) is 0 Å². The zero-order chi connectivity index (χ0) is 18.3. The van der Waals surface area contributed by atoms with Gasteiger partial charge in [0.25, 0.3) is 0 Å². The van der Waals surface area contributed by atoms with E-state index in [2.05, 4.69) is 33.9 Å². The lowest BCUT2D eigenvalue weighted by Crippen LogP contribution is -2.55. The number of aromatic hydroxyl groups is 1. The molecule has 4 nitrogen and oxygen atoms in total. The van der Waals surface area contributed by atoms with Gasteiger partial charge in [-0.15, -0.1) is 0 Å². The molecular formula is C19H30O4Si. The molecule has 0 spiro atoms. The van der Waals surface area contributed by atoms with Crippen LogP contribution in [0.3, 0.4) is 0 Å². The first kappa shape index (κ1) is 19.0. The molecule has 1 atom stereocenters. The van der Waals surface area contributed by atoms with E-state index < -0.39 is 13.9 Å². The number of hydrogen-bond acceptors (Lipinski definition) is 4. The van der Waals surface area contributed by atoms with Crippen molar-refractivity contribution in [1.82, 2.24) is 0 Å². The van der Waals surface area contributed by atoms with Gasteiger partial charge in [0.2, 0.25) is 0 Å². The molecule has 24 heavy (non-hydrogen) atoms. The number of ether oxygens (including phenoxy) is 1. The van der Waals surface area contributed by atoms with Crippen molar-refractivity contribution >= 4 is 14.1 Å². The Labute approximate surface area is 146 Å². The SMILES string of the molecule is COc1ccc(O)c2c1CC[C@](O[Si](C)(C)C(C)(C)C)(C(C)=O)C2. The van der Waals surface area contributed by atoms with Gasteiger partial charge < -0.3 is 14.3 Å². The summed E-state index contributed by atoms with van der Waals surface area (Å²) < 4.78 is 12.0. The lowest BCUT2D eigenvalue weighted by atomic mass is 9.77. The summed E-state index contributed by atoms with van der Waals surface area (Å²) in [4.78, 5) is 12.6.